The normalized spacial score (nSPS) is 12.1. The maximum atomic E-state index is 5.81. The Morgan fingerprint density at radius 1 is 0.178 bits per heavy atom. The average molecular weight is 1500 g/mol. The van der Waals surface area contributed by atoms with Gasteiger partial charge in [-0.3, -0.25) is 17.9 Å². The van der Waals surface area contributed by atoms with E-state index in [9.17, 15) is 0 Å². The second-order valence-electron chi connectivity index (χ2n) is 30.5. The van der Waals surface area contributed by atoms with Gasteiger partial charge in [0.25, 0.3) is 0 Å². The van der Waals surface area contributed by atoms with Gasteiger partial charge in [0.15, 0.2) is 17.5 Å². The molecule has 0 spiro atoms. The van der Waals surface area contributed by atoms with Gasteiger partial charge in [-0.05, 0) is 163 Å². The lowest BCUT2D eigenvalue weighted by Crippen LogP contribution is -2.07. The Bertz CT molecular complexity index is 8500. The summed E-state index contributed by atoms with van der Waals surface area (Å²) in [5, 5.41) is 14.8. The number of imidazole rings is 2. The minimum Gasteiger partial charge on any atom is -0.278 e. The Labute approximate surface area is 673 Å². The van der Waals surface area contributed by atoms with Crippen molar-refractivity contribution in [2.75, 3.05) is 0 Å². The lowest BCUT2D eigenvalue weighted by Gasteiger charge is -2.16. The van der Waals surface area contributed by atoms with Gasteiger partial charge in [-0.25, -0.2) is 39.9 Å². The Hall–Kier alpha value is -16.2. The second-order valence-corrected chi connectivity index (χ2v) is 30.5. The highest BCUT2D eigenvalue weighted by molar-refractivity contribution is 6.24. The highest BCUT2D eigenvalue weighted by Gasteiger charge is 2.28. The van der Waals surface area contributed by atoms with Gasteiger partial charge in [-0.2, -0.15) is 0 Å². The molecule has 0 aliphatic heterocycles. The molecule has 118 heavy (non-hydrogen) atoms. The quantitative estimate of drug-likeness (QED) is 0.124. The van der Waals surface area contributed by atoms with E-state index in [1.807, 2.05) is 36.4 Å². The number of benzene rings is 17. The highest BCUT2D eigenvalue weighted by atomic mass is 15.2. The number of aromatic nitrogens is 12. The Balaban J connectivity index is 0.634. The molecule has 546 valence electrons. The van der Waals surface area contributed by atoms with Gasteiger partial charge in [0.1, 0.15) is 11.3 Å². The Morgan fingerprint density at radius 2 is 0.576 bits per heavy atom. The minimum absolute atomic E-state index is 0.561. The first-order valence-electron chi connectivity index (χ1n) is 39.8. The number of para-hydroxylation sites is 7. The van der Waals surface area contributed by atoms with Crippen LogP contribution in [0.25, 0.3) is 244 Å². The third kappa shape index (κ3) is 10.0. The zero-order valence-corrected chi connectivity index (χ0v) is 63.2. The molecule has 0 atom stereocenters. The summed E-state index contributed by atoms with van der Waals surface area (Å²) in [6.07, 6.45) is 0. The first kappa shape index (κ1) is 65.4. The van der Waals surface area contributed by atoms with Crippen LogP contribution in [0.3, 0.4) is 0 Å². The SMILES string of the molecule is c1ccc(-c2cc(-c3ccccc3)nc(-c3ccc(-c4cc5c6ccccc6n(-c6nc7ccc(-c8ccc9c(-c%10nc(-c%11ccccc%11)nc(-c%11cc%12c%13ccccc%13n(-c%13nc%14ccccc%14c%14nc%15ccccc%15n%13%14)c%12c%12ccccc%11%12)n%10)cc%10ccccc%10c9c8)cc7c7nc8ccccc8n67)c5c5ccccc45)cc3)c2)cc1. The molecule has 8 heterocycles. The minimum atomic E-state index is 0.561. The average Bonchev–Trinajstić information content (AvgIpc) is 1.54. The van der Waals surface area contributed by atoms with Gasteiger partial charge in [-0.15, -0.1) is 0 Å². The zero-order valence-electron chi connectivity index (χ0n) is 63.2. The van der Waals surface area contributed by atoms with Crippen molar-refractivity contribution in [3.63, 3.8) is 0 Å². The molecule has 25 rings (SSSR count). The summed E-state index contributed by atoms with van der Waals surface area (Å²) < 4.78 is 9.20. The summed E-state index contributed by atoms with van der Waals surface area (Å²) in [6, 6.07) is 134. The van der Waals surface area contributed by atoms with Gasteiger partial charge < -0.3 is 0 Å². The number of pyridine rings is 1. The van der Waals surface area contributed by atoms with Crippen LogP contribution in [0.5, 0.6) is 0 Å². The molecule has 0 aliphatic rings. The summed E-state index contributed by atoms with van der Waals surface area (Å²) in [5.74, 6) is 3.20. The van der Waals surface area contributed by atoms with Crippen LogP contribution in [0.1, 0.15) is 0 Å². The van der Waals surface area contributed by atoms with E-state index in [-0.39, 0.29) is 0 Å². The molecule has 0 fully saturated rings. The summed E-state index contributed by atoms with van der Waals surface area (Å²) >= 11 is 0. The number of hydrogen-bond acceptors (Lipinski definition) is 8. The molecular formula is C106H62N12. The maximum absolute atomic E-state index is 5.81. The molecular weight excluding hydrogens is 1440 g/mol. The van der Waals surface area contributed by atoms with E-state index < -0.39 is 0 Å². The molecule has 0 N–H and O–H groups in total. The molecule has 8 aromatic heterocycles. The maximum Gasteiger partial charge on any atom is 0.221 e. The van der Waals surface area contributed by atoms with E-state index in [0.717, 1.165) is 226 Å². The predicted octanol–water partition coefficient (Wildman–Crippen LogP) is 26.1. The Morgan fingerprint density at radius 3 is 1.18 bits per heavy atom. The van der Waals surface area contributed by atoms with Crippen LogP contribution in [0.2, 0.25) is 0 Å². The zero-order chi connectivity index (χ0) is 77.2. The third-order valence-electron chi connectivity index (χ3n) is 23.9. The fourth-order valence-electron chi connectivity index (χ4n) is 18.5. The van der Waals surface area contributed by atoms with Gasteiger partial charge in [0.2, 0.25) is 11.9 Å². The fourth-order valence-corrected chi connectivity index (χ4v) is 18.5. The highest BCUT2D eigenvalue weighted by Crippen LogP contribution is 2.47. The molecule has 0 bridgehead atoms. The van der Waals surface area contributed by atoms with Gasteiger partial charge in [0, 0.05) is 70.9 Å². The number of fused-ring (bicyclic) bond motifs is 23. The molecule has 0 saturated heterocycles. The standard InChI is InChI=1S/C106H62N12/c1-4-26-63(27-5-1)71-59-92(65-28-6-2-7-29-65)107-93(60-71)66-50-48-64(49-51-66)81-61-83-76-36-17-22-44-94(76)115(98(83)78-38-14-12-34-73(78)81)106-111-89-55-53-69(57-87(89)104-109-91-43-21-25-47-97(91)118(104)106)68-52-54-75-82(56-68)72-33-11-10-32-70(72)58-85(75)101-112-100(67-30-8-3-9-31-67)113-102(114-101)86-62-84-77-37-18-23-45-95(77)116(99(84)79-39-15-13-35-74(79)86)105-110-88-41-19-16-40-80(88)103-108-90-42-20-24-46-96(90)117(103)105/h1-62H. The summed E-state index contributed by atoms with van der Waals surface area (Å²) in [7, 11) is 0. The van der Waals surface area contributed by atoms with Crippen LogP contribution in [0, 0.1) is 0 Å². The Kier molecular flexibility index (Phi) is 14.2. The number of nitrogens with zero attached hydrogens (tertiary/aromatic N) is 12. The molecule has 0 aliphatic carbocycles. The summed E-state index contributed by atoms with van der Waals surface area (Å²) in [5.41, 5.74) is 24.4. The van der Waals surface area contributed by atoms with Crippen molar-refractivity contribution < 1.29 is 0 Å². The first-order valence-corrected chi connectivity index (χ1v) is 39.8. The molecule has 0 unspecified atom stereocenters. The van der Waals surface area contributed by atoms with E-state index >= 15 is 0 Å². The van der Waals surface area contributed by atoms with Crippen molar-refractivity contribution in [1.29, 1.82) is 0 Å². The van der Waals surface area contributed by atoms with E-state index in [1.165, 1.54) is 0 Å². The molecule has 25 aromatic rings. The molecule has 0 saturated carbocycles. The van der Waals surface area contributed by atoms with Gasteiger partial charge in [0.05, 0.1) is 66.6 Å². The van der Waals surface area contributed by atoms with Crippen LogP contribution in [0.4, 0.5) is 0 Å². The van der Waals surface area contributed by atoms with Crippen molar-refractivity contribution in [3.05, 3.63) is 376 Å². The van der Waals surface area contributed by atoms with Crippen LogP contribution in [0.15, 0.2) is 376 Å². The van der Waals surface area contributed by atoms with Crippen molar-refractivity contribution in [2.45, 2.75) is 0 Å². The van der Waals surface area contributed by atoms with E-state index in [4.69, 9.17) is 39.9 Å². The second kappa shape index (κ2) is 25.7. The topological polar surface area (TPSA) is 122 Å². The van der Waals surface area contributed by atoms with Crippen LogP contribution >= 0.6 is 0 Å². The van der Waals surface area contributed by atoms with Crippen molar-refractivity contribution in [3.8, 4) is 102 Å². The summed E-state index contributed by atoms with van der Waals surface area (Å²) in [4.78, 5) is 44.1. The predicted molar refractivity (Wildman–Crippen MR) is 483 cm³/mol. The first-order chi connectivity index (χ1) is 58.5. The van der Waals surface area contributed by atoms with Crippen LogP contribution in [-0.2, 0) is 0 Å². The number of rotatable bonds is 10. The summed E-state index contributed by atoms with van der Waals surface area (Å²) in [6.45, 7) is 0. The molecule has 0 amide bonds. The van der Waals surface area contributed by atoms with Crippen molar-refractivity contribution in [1.82, 2.24) is 57.8 Å². The van der Waals surface area contributed by atoms with Gasteiger partial charge >= 0.3 is 0 Å². The monoisotopic (exact) mass is 1500 g/mol. The lowest BCUT2D eigenvalue weighted by molar-refractivity contribution is 0.981. The van der Waals surface area contributed by atoms with E-state index in [1.54, 1.807) is 0 Å². The molecule has 0 radical (unpaired) electrons. The van der Waals surface area contributed by atoms with E-state index in [2.05, 4.69) is 358 Å². The smallest absolute Gasteiger partial charge is 0.221 e. The number of hydrogen-bond donors (Lipinski definition) is 0. The fraction of sp³-hybridized carbons (Fsp3) is 0. The van der Waals surface area contributed by atoms with Gasteiger partial charge in [-0.1, -0.05) is 279 Å². The largest absolute Gasteiger partial charge is 0.278 e. The molecule has 17 aromatic carbocycles. The van der Waals surface area contributed by atoms with Crippen LogP contribution in [-0.4, -0.2) is 57.8 Å². The lowest BCUT2D eigenvalue weighted by atomic mass is 9.93. The third-order valence-corrected chi connectivity index (χ3v) is 23.9. The van der Waals surface area contributed by atoms with Crippen molar-refractivity contribution >= 4 is 142 Å². The van der Waals surface area contributed by atoms with Crippen molar-refractivity contribution in [2.24, 2.45) is 0 Å². The molecule has 12 nitrogen and oxygen atoms in total. The van der Waals surface area contributed by atoms with E-state index in [0.29, 0.717) is 17.5 Å². The van der Waals surface area contributed by atoms with Crippen LogP contribution < -0.4 is 0 Å². The molecule has 12 heteroatoms.